The second kappa shape index (κ2) is 13.1. The lowest BCUT2D eigenvalue weighted by Crippen LogP contribution is -2.50. The number of fused-ring (bicyclic) bond motifs is 4. The highest BCUT2D eigenvalue weighted by Gasteiger charge is 2.46. The molecule has 2 saturated carbocycles. The second-order valence-electron chi connectivity index (χ2n) is 15.7. The topological polar surface area (TPSA) is 130 Å². The molecular weight excluding hydrogens is 641 g/mol. The highest BCUT2D eigenvalue weighted by molar-refractivity contribution is 7.92. The molecular formula is C38H50N4O6S. The molecule has 2 amide bonds. The molecule has 49 heavy (non-hydrogen) atoms. The van der Waals surface area contributed by atoms with Crippen LogP contribution in [0.2, 0.25) is 0 Å². The van der Waals surface area contributed by atoms with Crippen LogP contribution in [0.25, 0.3) is 0 Å². The number of carbonyl (C=O) groups is 2. The average Bonchev–Trinajstić information content (AvgIpc) is 3.17. The molecule has 1 spiro atoms. The fourth-order valence-electron chi connectivity index (χ4n) is 8.80. The maximum absolute atomic E-state index is 14.4. The molecule has 264 valence electrons. The smallest absolute Gasteiger partial charge is 0.305 e. The second-order valence-corrected chi connectivity index (χ2v) is 17.7. The summed E-state index contributed by atoms with van der Waals surface area (Å²) in [6.45, 7) is 7.71. The van der Waals surface area contributed by atoms with Crippen molar-refractivity contribution in [3.8, 4) is 5.75 Å². The largest absolute Gasteiger partial charge is 0.489 e. The zero-order valence-electron chi connectivity index (χ0n) is 29.2. The van der Waals surface area contributed by atoms with Gasteiger partial charge >= 0.3 is 5.91 Å². The first-order valence-electron chi connectivity index (χ1n) is 17.9. The normalized spacial score (nSPS) is 36.5. The number of benzene rings is 1. The van der Waals surface area contributed by atoms with Gasteiger partial charge in [0.2, 0.25) is 5.91 Å². The minimum atomic E-state index is -3.51. The van der Waals surface area contributed by atoms with Gasteiger partial charge in [0, 0.05) is 31.5 Å². The van der Waals surface area contributed by atoms with Gasteiger partial charge in [-0.2, -0.15) is 0 Å². The molecule has 0 saturated heterocycles. The van der Waals surface area contributed by atoms with Crippen molar-refractivity contribution in [2.75, 3.05) is 37.5 Å². The van der Waals surface area contributed by atoms with Gasteiger partial charge in [0.1, 0.15) is 15.6 Å². The lowest BCUT2D eigenvalue weighted by molar-refractivity contribution is -0.137. The highest BCUT2D eigenvalue weighted by atomic mass is 32.2. The first-order valence-corrected chi connectivity index (χ1v) is 19.6. The molecule has 2 aromatic rings. The number of anilines is 1. The zero-order chi connectivity index (χ0) is 34.6. The highest BCUT2D eigenvalue weighted by Crippen LogP contribution is 2.46. The maximum Gasteiger partial charge on any atom is 0.305 e. The molecule has 2 bridgehead atoms. The zero-order valence-corrected chi connectivity index (χ0v) is 30.0. The van der Waals surface area contributed by atoms with Crippen molar-refractivity contribution in [1.29, 1.82) is 0 Å². The predicted molar refractivity (Wildman–Crippen MR) is 189 cm³/mol. The number of hydrogen-bond donors (Lipinski definition) is 2. The Morgan fingerprint density at radius 3 is 2.76 bits per heavy atom. The summed E-state index contributed by atoms with van der Waals surface area (Å²) in [5.74, 6) is 0.106. The van der Waals surface area contributed by atoms with Crippen LogP contribution in [0.5, 0.6) is 5.75 Å². The summed E-state index contributed by atoms with van der Waals surface area (Å²) < 4.78 is 33.9. The number of allylic oxidation sites excluding steroid dienone is 1. The molecule has 2 N–H and O–H groups in total. The van der Waals surface area contributed by atoms with E-state index in [0.717, 1.165) is 38.6 Å². The molecule has 1 unspecified atom stereocenters. The van der Waals surface area contributed by atoms with E-state index in [2.05, 4.69) is 51.3 Å². The Balaban J connectivity index is 1.28. The number of aromatic nitrogens is 1. The minimum absolute atomic E-state index is 0.00319. The van der Waals surface area contributed by atoms with Gasteiger partial charge in [-0.25, -0.2) is 9.19 Å². The summed E-state index contributed by atoms with van der Waals surface area (Å²) >= 11 is 0. The molecule has 3 aliphatic carbocycles. The van der Waals surface area contributed by atoms with Crippen LogP contribution in [0.15, 0.2) is 46.8 Å². The number of rotatable bonds is 3. The van der Waals surface area contributed by atoms with E-state index in [-0.39, 0.29) is 41.7 Å². The number of aryl methyl sites for hydroxylation is 2. The Hall–Kier alpha value is -3.28. The van der Waals surface area contributed by atoms with E-state index < -0.39 is 33.2 Å². The fraction of sp³-hybridized carbons (Fsp3) is 0.605. The van der Waals surface area contributed by atoms with Crippen molar-refractivity contribution in [2.24, 2.45) is 28.0 Å². The van der Waals surface area contributed by atoms with Gasteiger partial charge in [0.15, 0.2) is 11.6 Å². The molecule has 7 rings (SSSR count). The SMILES string of the molecule is CO[C@H]1/C=C/C[C@H](C)CS(=O)(NC(=O)C2CC(C)(O)C2)=NC(=O)c2ccc3c(n2)N(C[C@@H]2CC[C@H]21)C[C@@]1(CCCc2cc(C)ccc21)CO3. The number of nitrogens with one attached hydrogen (secondary N) is 1. The summed E-state index contributed by atoms with van der Waals surface area (Å²) in [4.78, 5) is 34.2. The quantitative estimate of drug-likeness (QED) is 0.415. The lowest BCUT2D eigenvalue weighted by Gasteiger charge is -2.45. The van der Waals surface area contributed by atoms with Gasteiger partial charge in [0.05, 0.1) is 24.1 Å². The number of ether oxygens (including phenoxy) is 2. The Morgan fingerprint density at radius 2 is 2.02 bits per heavy atom. The Bertz CT molecular complexity index is 1770. The van der Waals surface area contributed by atoms with Crippen LogP contribution >= 0.6 is 0 Å². The third kappa shape index (κ3) is 6.90. The van der Waals surface area contributed by atoms with E-state index >= 15 is 0 Å². The predicted octanol–water partition coefficient (Wildman–Crippen LogP) is 5.30. The number of amides is 2. The Kier molecular flexibility index (Phi) is 9.15. The molecule has 10 nitrogen and oxygen atoms in total. The standard InChI is InChI=1S/C38H50N4O6S/c1-24-10-13-30-26(17-24)8-6-16-38(30)22-42-20-27-11-12-29(27)32(47-4)9-5-7-25(2)21-49(46,40-35(43)28-18-37(3,45)19-28)41-36(44)31-14-15-33(48-23-38)34(42)39-31/h5,9-10,13-15,17,25,27-29,32,45H,6-8,11-12,16,18-23H2,1-4H3,(H,40,41,43,44,46)/b9-5+/t25-,27-,28?,29+,32-,37?,38-,49?/m0/s1. The van der Waals surface area contributed by atoms with Gasteiger partial charge < -0.3 is 19.5 Å². The van der Waals surface area contributed by atoms with Crippen LogP contribution in [0, 0.1) is 30.6 Å². The number of methoxy groups -OCH3 is 1. The van der Waals surface area contributed by atoms with Gasteiger partial charge in [-0.15, -0.1) is 4.36 Å². The van der Waals surface area contributed by atoms with Crippen LogP contribution < -0.4 is 14.4 Å². The van der Waals surface area contributed by atoms with Crippen LogP contribution in [0.1, 0.15) is 86.0 Å². The van der Waals surface area contributed by atoms with E-state index in [1.165, 1.54) is 16.7 Å². The average molecular weight is 691 g/mol. The molecule has 11 heteroatoms. The molecule has 3 heterocycles. The Labute approximate surface area is 290 Å². The number of carbonyl (C=O) groups excluding carboxylic acids is 2. The molecule has 0 radical (unpaired) electrons. The summed E-state index contributed by atoms with van der Waals surface area (Å²) in [6, 6.07) is 10.2. The number of pyridine rings is 1. The number of aliphatic hydroxyl groups is 1. The first-order chi connectivity index (χ1) is 23.4. The summed E-state index contributed by atoms with van der Waals surface area (Å²) in [6.07, 6.45) is 10.5. The van der Waals surface area contributed by atoms with Crippen LogP contribution in [0.3, 0.4) is 0 Å². The molecule has 2 aliphatic heterocycles. The molecule has 1 aromatic heterocycles. The van der Waals surface area contributed by atoms with Crippen LogP contribution in [-0.4, -0.2) is 70.4 Å². The number of nitrogens with zero attached hydrogens (tertiary/aromatic N) is 3. The molecule has 2 fully saturated rings. The third-order valence-corrected chi connectivity index (χ3v) is 13.5. The summed E-state index contributed by atoms with van der Waals surface area (Å²) in [7, 11) is -1.75. The van der Waals surface area contributed by atoms with Crippen molar-refractivity contribution >= 4 is 27.5 Å². The van der Waals surface area contributed by atoms with Gasteiger partial charge in [-0.3, -0.25) is 14.3 Å². The Morgan fingerprint density at radius 1 is 1.20 bits per heavy atom. The van der Waals surface area contributed by atoms with E-state index in [1.54, 1.807) is 26.2 Å². The van der Waals surface area contributed by atoms with Gasteiger partial charge in [-0.1, -0.05) is 42.8 Å². The van der Waals surface area contributed by atoms with E-state index in [4.69, 9.17) is 14.5 Å². The third-order valence-electron chi connectivity index (χ3n) is 11.5. The van der Waals surface area contributed by atoms with Crippen molar-refractivity contribution < 1.29 is 28.4 Å². The van der Waals surface area contributed by atoms with Crippen molar-refractivity contribution in [3.05, 3.63) is 64.9 Å². The van der Waals surface area contributed by atoms with E-state index in [1.807, 2.05) is 6.92 Å². The van der Waals surface area contributed by atoms with Crippen molar-refractivity contribution in [3.63, 3.8) is 0 Å². The van der Waals surface area contributed by atoms with Crippen LogP contribution in [0.4, 0.5) is 5.82 Å². The molecule has 1 aromatic carbocycles. The van der Waals surface area contributed by atoms with Crippen molar-refractivity contribution in [1.82, 2.24) is 9.71 Å². The molecule has 5 aliphatic rings. The van der Waals surface area contributed by atoms with Crippen LogP contribution in [-0.2, 0) is 31.3 Å². The fourth-order valence-corrected chi connectivity index (χ4v) is 10.8. The first kappa shape index (κ1) is 34.2. The van der Waals surface area contributed by atoms with E-state index in [9.17, 15) is 18.9 Å². The summed E-state index contributed by atoms with van der Waals surface area (Å²) in [5, 5.41) is 10.2. The molecule has 6 atom stereocenters. The van der Waals surface area contributed by atoms with Gasteiger partial charge in [0.25, 0.3) is 0 Å². The summed E-state index contributed by atoms with van der Waals surface area (Å²) in [5.41, 5.74) is 2.86. The maximum atomic E-state index is 14.4. The van der Waals surface area contributed by atoms with Crippen molar-refractivity contribution in [2.45, 2.75) is 89.3 Å². The lowest BCUT2D eigenvalue weighted by atomic mass is 9.68. The van der Waals surface area contributed by atoms with E-state index in [0.29, 0.717) is 43.0 Å². The number of hydrogen-bond acceptors (Lipinski definition) is 8. The monoisotopic (exact) mass is 690 g/mol. The minimum Gasteiger partial charge on any atom is -0.489 e. The van der Waals surface area contributed by atoms with Gasteiger partial charge in [-0.05, 0) is 106 Å².